The number of halogens is 2. The molecule has 1 aliphatic rings. The van der Waals surface area contributed by atoms with Crippen molar-refractivity contribution in [2.24, 2.45) is 0 Å². The Morgan fingerprint density at radius 2 is 1.53 bits per heavy atom. The van der Waals surface area contributed by atoms with E-state index in [0.29, 0.717) is 51.4 Å². The van der Waals surface area contributed by atoms with Gasteiger partial charge in [-0.15, -0.1) is 0 Å². The van der Waals surface area contributed by atoms with Gasteiger partial charge in [-0.05, 0) is 66.6 Å². The number of carbonyl (C=O) groups excluding carboxylic acids is 2. The van der Waals surface area contributed by atoms with E-state index in [-0.39, 0.29) is 17.8 Å². The van der Waals surface area contributed by atoms with E-state index < -0.39 is 5.82 Å². The number of hydrogen-bond donors (Lipinski definition) is 1. The molecule has 1 aliphatic heterocycles. The van der Waals surface area contributed by atoms with Crippen molar-refractivity contribution in [2.45, 2.75) is 13.5 Å². The first kappa shape index (κ1) is 25.3. The number of hydrogen-bond acceptors (Lipinski definition) is 3. The Labute approximate surface area is 210 Å². The van der Waals surface area contributed by atoms with Crippen molar-refractivity contribution in [3.05, 3.63) is 101 Å². The quantitative estimate of drug-likeness (QED) is 0.517. The number of nitrogens with zero attached hydrogens (tertiary/aromatic N) is 3. The zero-order chi connectivity index (χ0) is 25.5. The molecule has 188 valence electrons. The molecule has 1 saturated heterocycles. The van der Waals surface area contributed by atoms with E-state index in [2.05, 4.69) is 10.2 Å². The van der Waals surface area contributed by atoms with E-state index in [0.717, 1.165) is 16.8 Å². The van der Waals surface area contributed by atoms with E-state index in [9.17, 15) is 18.4 Å². The standard InChI is InChI=1S/C28H30F2N4O2/c1-21-3-2-4-26(19-21)31-28(36)33-16-13-32(14-17-33)15-18-34(20-22-5-9-24(29)10-6-22)27(35)23-7-11-25(30)12-8-23/h2-12,19H,13-18,20H2,1H3,(H,31,36). The third-order valence-corrected chi connectivity index (χ3v) is 6.28. The van der Waals surface area contributed by atoms with Crippen LogP contribution in [0.4, 0.5) is 19.3 Å². The number of benzene rings is 3. The molecule has 0 saturated carbocycles. The molecule has 1 fully saturated rings. The van der Waals surface area contributed by atoms with Crippen LogP contribution in [0.3, 0.4) is 0 Å². The van der Waals surface area contributed by atoms with Crippen LogP contribution in [0.2, 0.25) is 0 Å². The van der Waals surface area contributed by atoms with Gasteiger partial charge in [0.15, 0.2) is 0 Å². The van der Waals surface area contributed by atoms with Gasteiger partial charge in [0.1, 0.15) is 11.6 Å². The number of aryl methyl sites for hydroxylation is 1. The van der Waals surface area contributed by atoms with Crippen molar-refractivity contribution in [1.82, 2.24) is 14.7 Å². The summed E-state index contributed by atoms with van der Waals surface area (Å²) in [5, 5.41) is 2.95. The van der Waals surface area contributed by atoms with Crippen molar-refractivity contribution >= 4 is 17.6 Å². The van der Waals surface area contributed by atoms with E-state index >= 15 is 0 Å². The maximum absolute atomic E-state index is 13.4. The summed E-state index contributed by atoms with van der Waals surface area (Å²) in [5.74, 6) is -0.948. The maximum Gasteiger partial charge on any atom is 0.321 e. The Morgan fingerprint density at radius 1 is 0.889 bits per heavy atom. The molecular weight excluding hydrogens is 462 g/mol. The molecule has 36 heavy (non-hydrogen) atoms. The molecule has 3 aromatic rings. The second kappa shape index (κ2) is 11.8. The van der Waals surface area contributed by atoms with Gasteiger partial charge in [0.05, 0.1) is 0 Å². The van der Waals surface area contributed by atoms with Gasteiger partial charge in [-0.1, -0.05) is 24.3 Å². The normalized spacial score (nSPS) is 13.9. The summed E-state index contributed by atoms with van der Waals surface area (Å²) >= 11 is 0. The van der Waals surface area contributed by atoms with Gasteiger partial charge in [-0.2, -0.15) is 0 Å². The molecule has 3 amide bonds. The number of carbonyl (C=O) groups is 2. The minimum atomic E-state index is -0.402. The molecular formula is C28H30F2N4O2. The molecule has 0 aliphatic carbocycles. The Morgan fingerprint density at radius 3 is 2.17 bits per heavy atom. The average Bonchev–Trinajstić information content (AvgIpc) is 2.88. The highest BCUT2D eigenvalue weighted by Crippen LogP contribution is 2.14. The van der Waals surface area contributed by atoms with Gasteiger partial charge < -0.3 is 15.1 Å². The molecule has 3 aromatic carbocycles. The summed E-state index contributed by atoms with van der Waals surface area (Å²) in [6.07, 6.45) is 0. The minimum absolute atomic E-state index is 0.121. The summed E-state index contributed by atoms with van der Waals surface area (Å²) in [6.45, 7) is 5.92. The average molecular weight is 493 g/mol. The molecule has 6 nitrogen and oxygen atoms in total. The van der Waals surface area contributed by atoms with Crippen LogP contribution in [0.15, 0.2) is 72.8 Å². The summed E-state index contributed by atoms with van der Waals surface area (Å²) < 4.78 is 26.7. The van der Waals surface area contributed by atoms with Gasteiger partial charge in [-0.25, -0.2) is 13.6 Å². The Balaban J connectivity index is 1.33. The van der Waals surface area contributed by atoms with E-state index in [1.54, 1.807) is 21.9 Å². The lowest BCUT2D eigenvalue weighted by atomic mass is 10.1. The number of nitrogens with one attached hydrogen (secondary N) is 1. The largest absolute Gasteiger partial charge is 0.333 e. The van der Waals surface area contributed by atoms with Crippen LogP contribution < -0.4 is 5.32 Å². The highest BCUT2D eigenvalue weighted by Gasteiger charge is 2.23. The summed E-state index contributed by atoms with van der Waals surface area (Å²) in [7, 11) is 0. The molecule has 4 rings (SSSR count). The van der Waals surface area contributed by atoms with Gasteiger partial charge in [0.2, 0.25) is 0 Å². The van der Waals surface area contributed by atoms with E-state index in [1.807, 2.05) is 31.2 Å². The maximum atomic E-state index is 13.4. The fraction of sp³-hybridized carbons (Fsp3) is 0.286. The van der Waals surface area contributed by atoms with Crippen LogP contribution in [-0.2, 0) is 6.54 Å². The molecule has 0 bridgehead atoms. The molecule has 0 radical (unpaired) electrons. The topological polar surface area (TPSA) is 55.9 Å². The predicted molar refractivity (Wildman–Crippen MR) is 136 cm³/mol. The molecule has 0 atom stereocenters. The Bertz CT molecular complexity index is 1180. The van der Waals surface area contributed by atoms with Crippen LogP contribution in [0.1, 0.15) is 21.5 Å². The predicted octanol–water partition coefficient (Wildman–Crippen LogP) is 4.77. The monoisotopic (exact) mass is 492 g/mol. The first-order valence-corrected chi connectivity index (χ1v) is 12.0. The van der Waals surface area contributed by atoms with Crippen LogP contribution in [-0.4, -0.2) is 65.9 Å². The number of amides is 3. The lowest BCUT2D eigenvalue weighted by Gasteiger charge is -2.36. The Hall–Kier alpha value is -3.78. The highest BCUT2D eigenvalue weighted by molar-refractivity contribution is 5.94. The van der Waals surface area contributed by atoms with Gasteiger partial charge in [-0.3, -0.25) is 9.69 Å². The Kier molecular flexibility index (Phi) is 8.28. The lowest BCUT2D eigenvalue weighted by Crippen LogP contribution is -2.51. The fourth-order valence-corrected chi connectivity index (χ4v) is 4.20. The molecule has 0 unspecified atom stereocenters. The number of anilines is 1. The minimum Gasteiger partial charge on any atom is -0.333 e. The van der Waals surface area contributed by atoms with Crippen LogP contribution >= 0.6 is 0 Å². The second-order valence-electron chi connectivity index (χ2n) is 8.99. The summed E-state index contributed by atoms with van der Waals surface area (Å²) in [4.78, 5) is 31.5. The fourth-order valence-electron chi connectivity index (χ4n) is 4.20. The first-order chi connectivity index (χ1) is 17.4. The van der Waals surface area contributed by atoms with Crippen molar-refractivity contribution < 1.29 is 18.4 Å². The number of piperazine rings is 1. The zero-order valence-corrected chi connectivity index (χ0v) is 20.3. The highest BCUT2D eigenvalue weighted by atomic mass is 19.1. The van der Waals surface area contributed by atoms with Crippen LogP contribution in [0.25, 0.3) is 0 Å². The SMILES string of the molecule is Cc1cccc(NC(=O)N2CCN(CCN(Cc3ccc(F)cc3)C(=O)c3ccc(F)cc3)CC2)c1. The third-order valence-electron chi connectivity index (χ3n) is 6.28. The molecule has 0 aromatic heterocycles. The first-order valence-electron chi connectivity index (χ1n) is 12.0. The number of urea groups is 1. The zero-order valence-electron chi connectivity index (χ0n) is 20.3. The third kappa shape index (κ3) is 6.88. The number of rotatable bonds is 7. The van der Waals surface area contributed by atoms with Gasteiger partial charge >= 0.3 is 6.03 Å². The van der Waals surface area contributed by atoms with E-state index in [1.165, 1.54) is 36.4 Å². The van der Waals surface area contributed by atoms with E-state index in [4.69, 9.17) is 0 Å². The van der Waals surface area contributed by atoms with Crippen molar-refractivity contribution in [2.75, 3.05) is 44.6 Å². The summed E-state index contributed by atoms with van der Waals surface area (Å²) in [6, 6.07) is 19.1. The van der Waals surface area contributed by atoms with Gasteiger partial charge in [0, 0.05) is 57.1 Å². The molecule has 1 N–H and O–H groups in total. The smallest absolute Gasteiger partial charge is 0.321 e. The lowest BCUT2D eigenvalue weighted by molar-refractivity contribution is 0.0704. The second-order valence-corrected chi connectivity index (χ2v) is 8.99. The van der Waals surface area contributed by atoms with Crippen molar-refractivity contribution in [3.8, 4) is 0 Å². The summed E-state index contributed by atoms with van der Waals surface area (Å²) in [5.41, 5.74) is 3.07. The van der Waals surface area contributed by atoms with Crippen molar-refractivity contribution in [1.29, 1.82) is 0 Å². The van der Waals surface area contributed by atoms with Crippen molar-refractivity contribution in [3.63, 3.8) is 0 Å². The van der Waals surface area contributed by atoms with Crippen LogP contribution in [0.5, 0.6) is 0 Å². The molecule has 0 spiro atoms. The molecule has 8 heteroatoms. The van der Waals surface area contributed by atoms with Crippen LogP contribution in [0, 0.1) is 18.6 Å². The van der Waals surface area contributed by atoms with Gasteiger partial charge in [0.25, 0.3) is 5.91 Å². The molecule has 1 heterocycles.